The Morgan fingerprint density at radius 3 is 2.53 bits per heavy atom. The molecule has 2 N–H and O–H groups in total. The van der Waals surface area contributed by atoms with Crippen LogP contribution in [0.2, 0.25) is 5.02 Å². The molecule has 2 aromatic rings. The first-order valence-electron chi connectivity index (χ1n) is 6.03. The topological polar surface area (TPSA) is 29.3 Å². The predicted molar refractivity (Wildman–Crippen MR) is 86.8 cm³/mol. The summed E-state index contributed by atoms with van der Waals surface area (Å²) in [5, 5.41) is 0.775. The SMILES string of the molecule is CC(c1ccccc1Cl)N(C)c1ccc(Br)cc1N. The summed E-state index contributed by atoms with van der Waals surface area (Å²) in [6, 6.07) is 13.9. The number of nitrogens with two attached hydrogens (primary N) is 1. The van der Waals surface area contributed by atoms with E-state index in [1.807, 2.05) is 49.5 Å². The molecule has 0 aliphatic rings. The summed E-state index contributed by atoms with van der Waals surface area (Å²) < 4.78 is 0.979. The molecule has 1 atom stereocenters. The molecule has 0 fully saturated rings. The number of benzene rings is 2. The highest BCUT2D eigenvalue weighted by atomic mass is 79.9. The van der Waals surface area contributed by atoms with Gasteiger partial charge in [-0.3, -0.25) is 0 Å². The van der Waals surface area contributed by atoms with Crippen LogP contribution in [0.3, 0.4) is 0 Å². The summed E-state index contributed by atoms with van der Waals surface area (Å²) in [4.78, 5) is 2.13. The van der Waals surface area contributed by atoms with Crippen LogP contribution in [-0.4, -0.2) is 7.05 Å². The fourth-order valence-electron chi connectivity index (χ4n) is 2.08. The van der Waals surface area contributed by atoms with Crippen LogP contribution in [-0.2, 0) is 0 Å². The van der Waals surface area contributed by atoms with E-state index < -0.39 is 0 Å². The summed E-state index contributed by atoms with van der Waals surface area (Å²) in [6.07, 6.45) is 0. The molecule has 0 amide bonds. The van der Waals surface area contributed by atoms with Crippen molar-refractivity contribution in [3.05, 3.63) is 57.5 Å². The third-order valence-corrected chi connectivity index (χ3v) is 4.14. The van der Waals surface area contributed by atoms with Crippen molar-refractivity contribution in [3.63, 3.8) is 0 Å². The zero-order valence-electron chi connectivity index (χ0n) is 10.9. The Morgan fingerprint density at radius 2 is 1.89 bits per heavy atom. The molecule has 4 heteroatoms. The summed E-state index contributed by atoms with van der Waals surface area (Å²) in [7, 11) is 2.02. The van der Waals surface area contributed by atoms with Crippen molar-refractivity contribution < 1.29 is 0 Å². The Bertz CT molecular complexity index is 586. The zero-order valence-corrected chi connectivity index (χ0v) is 13.2. The molecular weight excluding hydrogens is 324 g/mol. The smallest absolute Gasteiger partial charge is 0.0603 e. The molecule has 0 aliphatic heterocycles. The summed E-state index contributed by atoms with van der Waals surface area (Å²) in [5.74, 6) is 0. The van der Waals surface area contributed by atoms with Gasteiger partial charge in [0.25, 0.3) is 0 Å². The first kappa shape index (κ1) is 14.2. The predicted octanol–water partition coefficient (Wildman–Crippen LogP) is 4.88. The molecule has 0 radical (unpaired) electrons. The lowest BCUT2D eigenvalue weighted by Crippen LogP contribution is -2.22. The van der Waals surface area contributed by atoms with Gasteiger partial charge in [-0.15, -0.1) is 0 Å². The molecule has 0 aliphatic carbocycles. The summed E-state index contributed by atoms with van der Waals surface area (Å²) in [6.45, 7) is 2.11. The normalized spacial score (nSPS) is 12.2. The molecule has 0 bridgehead atoms. The van der Waals surface area contributed by atoms with E-state index in [1.54, 1.807) is 0 Å². The number of anilines is 2. The van der Waals surface area contributed by atoms with Crippen molar-refractivity contribution in [3.8, 4) is 0 Å². The van der Waals surface area contributed by atoms with E-state index in [-0.39, 0.29) is 6.04 Å². The van der Waals surface area contributed by atoms with Crippen LogP contribution in [0.1, 0.15) is 18.5 Å². The van der Waals surface area contributed by atoms with Crippen LogP contribution < -0.4 is 10.6 Å². The number of rotatable bonds is 3. The molecule has 19 heavy (non-hydrogen) atoms. The van der Waals surface area contributed by atoms with Crippen molar-refractivity contribution >= 4 is 38.9 Å². The van der Waals surface area contributed by atoms with Gasteiger partial charge >= 0.3 is 0 Å². The molecule has 0 aromatic heterocycles. The van der Waals surface area contributed by atoms with Gasteiger partial charge in [0.15, 0.2) is 0 Å². The number of nitrogens with zero attached hydrogens (tertiary/aromatic N) is 1. The van der Waals surface area contributed by atoms with Crippen LogP contribution in [0.5, 0.6) is 0 Å². The monoisotopic (exact) mass is 338 g/mol. The molecule has 0 heterocycles. The molecule has 0 saturated heterocycles. The van der Waals surface area contributed by atoms with Gasteiger partial charge in [-0.05, 0) is 36.8 Å². The lowest BCUT2D eigenvalue weighted by atomic mass is 10.1. The van der Waals surface area contributed by atoms with Gasteiger partial charge in [-0.25, -0.2) is 0 Å². The van der Waals surface area contributed by atoms with E-state index in [2.05, 4.69) is 27.8 Å². The minimum Gasteiger partial charge on any atom is -0.397 e. The van der Waals surface area contributed by atoms with E-state index in [0.29, 0.717) is 0 Å². The molecule has 0 saturated carbocycles. The van der Waals surface area contributed by atoms with Crippen molar-refractivity contribution in [1.29, 1.82) is 0 Å². The van der Waals surface area contributed by atoms with E-state index in [9.17, 15) is 0 Å². The highest BCUT2D eigenvalue weighted by molar-refractivity contribution is 9.10. The van der Waals surface area contributed by atoms with Crippen LogP contribution in [0, 0.1) is 0 Å². The molecule has 1 unspecified atom stereocenters. The second kappa shape index (κ2) is 5.85. The lowest BCUT2D eigenvalue weighted by Gasteiger charge is -2.29. The molecule has 2 aromatic carbocycles. The van der Waals surface area contributed by atoms with Crippen LogP contribution in [0.25, 0.3) is 0 Å². The van der Waals surface area contributed by atoms with Crippen molar-refractivity contribution in [2.75, 3.05) is 17.7 Å². The van der Waals surface area contributed by atoms with E-state index >= 15 is 0 Å². The first-order valence-corrected chi connectivity index (χ1v) is 7.20. The van der Waals surface area contributed by atoms with E-state index in [4.69, 9.17) is 17.3 Å². The Kier molecular flexibility index (Phi) is 4.38. The number of hydrogen-bond donors (Lipinski definition) is 1. The van der Waals surface area contributed by atoms with Gasteiger partial charge < -0.3 is 10.6 Å². The average molecular weight is 340 g/mol. The van der Waals surface area contributed by atoms with E-state index in [1.165, 1.54) is 0 Å². The third-order valence-electron chi connectivity index (χ3n) is 3.31. The van der Waals surface area contributed by atoms with Gasteiger partial charge in [-0.1, -0.05) is 45.7 Å². The number of halogens is 2. The fraction of sp³-hybridized carbons (Fsp3) is 0.200. The lowest BCUT2D eigenvalue weighted by molar-refractivity contribution is 0.741. The highest BCUT2D eigenvalue weighted by Gasteiger charge is 2.16. The maximum atomic E-state index is 6.25. The molecule has 0 spiro atoms. The molecule has 2 rings (SSSR count). The minimum absolute atomic E-state index is 0.150. The number of hydrogen-bond acceptors (Lipinski definition) is 2. The van der Waals surface area contributed by atoms with E-state index in [0.717, 1.165) is 26.4 Å². The summed E-state index contributed by atoms with van der Waals surface area (Å²) >= 11 is 9.67. The van der Waals surface area contributed by atoms with Gasteiger partial charge in [0.2, 0.25) is 0 Å². The fourth-order valence-corrected chi connectivity index (χ4v) is 2.75. The van der Waals surface area contributed by atoms with Crippen molar-refractivity contribution in [2.45, 2.75) is 13.0 Å². The third kappa shape index (κ3) is 3.04. The van der Waals surface area contributed by atoms with Gasteiger partial charge in [-0.2, -0.15) is 0 Å². The zero-order chi connectivity index (χ0) is 14.0. The quantitative estimate of drug-likeness (QED) is 0.807. The van der Waals surface area contributed by atoms with Gasteiger partial charge in [0, 0.05) is 16.5 Å². The maximum Gasteiger partial charge on any atom is 0.0603 e. The Hall–Kier alpha value is -1.19. The minimum atomic E-state index is 0.150. The van der Waals surface area contributed by atoms with Crippen LogP contribution in [0.4, 0.5) is 11.4 Å². The molecule has 100 valence electrons. The Balaban J connectivity index is 2.33. The standard InChI is InChI=1S/C15H16BrClN2/c1-10(12-5-3-4-6-13(12)17)19(2)15-8-7-11(16)9-14(15)18/h3-10H,18H2,1-2H3. The van der Waals surface area contributed by atoms with Gasteiger partial charge in [0.05, 0.1) is 17.4 Å². The van der Waals surface area contributed by atoms with Crippen molar-refractivity contribution in [1.82, 2.24) is 0 Å². The highest BCUT2D eigenvalue weighted by Crippen LogP contribution is 2.33. The average Bonchev–Trinajstić information content (AvgIpc) is 2.38. The second-order valence-electron chi connectivity index (χ2n) is 4.51. The second-order valence-corrected chi connectivity index (χ2v) is 5.83. The number of nitrogen functional groups attached to an aromatic ring is 1. The molecular formula is C15H16BrClN2. The van der Waals surface area contributed by atoms with Crippen LogP contribution in [0.15, 0.2) is 46.9 Å². The summed E-state index contributed by atoms with van der Waals surface area (Å²) in [5.41, 5.74) is 8.91. The van der Waals surface area contributed by atoms with Crippen molar-refractivity contribution in [2.24, 2.45) is 0 Å². The van der Waals surface area contributed by atoms with Crippen LogP contribution >= 0.6 is 27.5 Å². The first-order chi connectivity index (χ1) is 9.00. The Labute approximate surface area is 127 Å². The van der Waals surface area contributed by atoms with Gasteiger partial charge in [0.1, 0.15) is 0 Å². The molecule has 2 nitrogen and oxygen atoms in total. The Morgan fingerprint density at radius 1 is 1.21 bits per heavy atom. The largest absolute Gasteiger partial charge is 0.397 e. The maximum absolute atomic E-state index is 6.25.